The highest BCUT2D eigenvalue weighted by atomic mass is 33.1. The highest BCUT2D eigenvalue weighted by Crippen LogP contribution is 2.30. The van der Waals surface area contributed by atoms with E-state index in [4.69, 9.17) is 0 Å². The minimum Gasteiger partial charge on any atom is -0.508 e. The summed E-state index contributed by atoms with van der Waals surface area (Å²) in [5.41, 5.74) is 0.0770. The number of Topliss-reactive ketones (excluding diaryl/α,β-unsaturated/α-hetero) is 2. The zero-order valence-corrected chi connectivity index (χ0v) is 72.0. The Morgan fingerprint density at radius 1 is 0.557 bits per heavy atom. The van der Waals surface area contributed by atoms with E-state index in [0.717, 1.165) is 21.6 Å². The zero-order valence-electron chi connectivity index (χ0n) is 68.7. The average Bonchev–Trinajstić information content (AvgIpc) is 1.66. The average molecular weight is 1770 g/mol. The molecule has 660 valence electrons. The lowest BCUT2D eigenvalue weighted by Crippen LogP contribution is -2.59. The second-order valence-electron chi connectivity index (χ2n) is 31.3. The number of phenols is 2. The molecule has 0 radical (unpaired) electrons. The standard InChI is InChI=1S/C83H106N12O23S4/c1-47(2)56(81(116)117)38-66(99)58(39-71(104)105)90-74(109)53(29-32-119-8)37-65(98)57(33-51-19-23-54(96)24-20-51)91-80(115)64-44-121-120-43-63(94-79(114)59(34-49-15-11-9-12-16-49)87-67(100)27-28-68(101)95-122(118)45-82(4,5)30-31-83(6,7)46-122)76(111)85-42-70(103)89-62(40-72(106)107)75(110)84-41-69(102)88-60(35-50-17-13-10-14-18-50)78(113)92-61(36-52-21-25-55(97)26-22-52)77(112)86-48(3)73(108)93-64/h9-26,47-48,53,56-64,96-97H,27-29,32-46H2,1-8H3,(H,84,110)(H,85,111)(H,86,112)(H,87,100)(H,88,102)(H,89,103)(H,90,109)(H,91,115)(H,92,113)(H,93,108)(H,94,114)(H,104,105)(H,106,107)(H,116,117)/t48-,53+,56-,57-,58-,59-,60-,61-,62-,63+,64+/m0/s1. The van der Waals surface area contributed by atoms with Gasteiger partial charge in [0.25, 0.3) is 5.91 Å². The van der Waals surface area contributed by atoms with E-state index in [9.17, 15) is 102 Å². The SMILES string of the molecule is CSCC[C@H](CC(=O)[C@H](Cc1ccc(O)cc1)NC(=O)[C@H]1CSSC[C@@H](NC(=O)[C@H](Cc2ccccc2)NC(=O)CCC(=O)N=S2(=O)CC(C)(C)C#CC(C)(C)C2)C(=O)NCC(=O)N[C@@H](CC(=O)O)C(=O)NCC(=O)N[C@@H](Cc2ccccc2)C(=O)N[C@@H](Cc2ccc(O)cc2)C(=O)N[C@@H](C)C(=O)N1)C(=O)N[C@@H](CC(=O)O)C(=O)C[C@H](C(=O)O)C(C)C. The number of aliphatic carboxylic acids is 3. The highest BCUT2D eigenvalue weighted by Gasteiger charge is 2.39. The minimum absolute atomic E-state index is 0.0301. The number of hydrogen-bond acceptors (Lipinski definition) is 23. The number of phenolic OH excluding ortho intramolecular Hbond substituents is 2. The molecule has 0 aliphatic carbocycles. The Morgan fingerprint density at radius 2 is 1.07 bits per heavy atom. The predicted molar refractivity (Wildman–Crippen MR) is 454 cm³/mol. The number of amides is 12. The number of carboxylic acids is 3. The van der Waals surface area contributed by atoms with Crippen molar-refractivity contribution in [3.63, 3.8) is 0 Å². The smallest absolute Gasteiger partial charge is 0.307 e. The first-order valence-corrected chi connectivity index (χ1v) is 44.9. The van der Waals surface area contributed by atoms with Crippen LogP contribution in [0.5, 0.6) is 11.5 Å². The lowest BCUT2D eigenvalue weighted by atomic mass is 9.88. The van der Waals surface area contributed by atoms with Gasteiger partial charge in [0.2, 0.25) is 65.0 Å². The van der Waals surface area contributed by atoms with Gasteiger partial charge in [0.1, 0.15) is 53.8 Å². The molecule has 122 heavy (non-hydrogen) atoms. The number of rotatable bonds is 33. The lowest BCUT2D eigenvalue weighted by Gasteiger charge is -2.27. The molecule has 0 unspecified atom stereocenters. The highest BCUT2D eigenvalue weighted by molar-refractivity contribution is 8.76. The van der Waals surface area contributed by atoms with Gasteiger partial charge in [-0.25, -0.2) is 4.21 Å². The quantitative estimate of drug-likeness (QED) is 0.0239. The van der Waals surface area contributed by atoms with Gasteiger partial charge in [-0.2, -0.15) is 16.1 Å². The van der Waals surface area contributed by atoms with Gasteiger partial charge in [0.15, 0.2) is 11.6 Å². The van der Waals surface area contributed by atoms with Gasteiger partial charge in [-0.3, -0.25) is 81.5 Å². The van der Waals surface area contributed by atoms with Crippen molar-refractivity contribution in [1.82, 2.24) is 58.5 Å². The van der Waals surface area contributed by atoms with Gasteiger partial charge in [0, 0.05) is 84.7 Å². The van der Waals surface area contributed by atoms with Crippen LogP contribution in [0.1, 0.15) is 116 Å². The number of ketones is 2. The molecule has 39 heteroatoms. The number of nitrogens with one attached hydrogen (secondary N) is 11. The van der Waals surface area contributed by atoms with E-state index in [1.165, 1.54) is 67.2 Å². The summed E-state index contributed by atoms with van der Waals surface area (Å²) in [7, 11) is -1.68. The maximum atomic E-state index is 15.3. The number of carbonyl (C=O) groups is 17. The van der Waals surface area contributed by atoms with Crippen LogP contribution in [0, 0.1) is 40.4 Å². The summed E-state index contributed by atoms with van der Waals surface area (Å²) in [5, 5.41) is 77.5. The molecule has 2 aliphatic rings. The van der Waals surface area contributed by atoms with Gasteiger partial charge in [-0.15, -0.1) is 0 Å². The molecule has 11 atom stereocenters. The Hall–Kier alpha value is -11.4. The fourth-order valence-corrected chi connectivity index (χ4v) is 18.8. The fourth-order valence-electron chi connectivity index (χ4n) is 12.9. The van der Waals surface area contributed by atoms with Crippen LogP contribution >= 0.6 is 33.3 Å². The van der Waals surface area contributed by atoms with Crippen LogP contribution in [0.15, 0.2) is 114 Å². The lowest BCUT2D eigenvalue weighted by molar-refractivity contribution is -0.146. The topological polar surface area (TPSA) is 553 Å². The van der Waals surface area contributed by atoms with Crippen LogP contribution in [0.2, 0.25) is 0 Å². The first-order chi connectivity index (χ1) is 57.5. The number of nitrogens with zero attached hydrogens (tertiary/aromatic N) is 1. The van der Waals surface area contributed by atoms with Crippen molar-refractivity contribution in [3.05, 3.63) is 131 Å². The third kappa shape index (κ3) is 34.6. The molecule has 35 nitrogen and oxygen atoms in total. The first-order valence-electron chi connectivity index (χ1n) is 39.1. The Labute approximate surface area is 718 Å². The van der Waals surface area contributed by atoms with E-state index in [1.807, 2.05) is 0 Å². The monoisotopic (exact) mass is 1770 g/mol. The van der Waals surface area contributed by atoms with E-state index < -0.39 is 256 Å². The second-order valence-corrected chi connectivity index (χ2v) is 37.1. The van der Waals surface area contributed by atoms with Gasteiger partial charge < -0.3 is 84.0 Å². The molecule has 0 saturated carbocycles. The molecule has 0 aromatic heterocycles. The number of aromatic hydroxyl groups is 2. The van der Waals surface area contributed by atoms with Crippen LogP contribution in [-0.2, 0) is 117 Å². The summed E-state index contributed by atoms with van der Waals surface area (Å²) in [4.78, 5) is 238. The number of carboxylic acid groups (broad SMARTS) is 3. The summed E-state index contributed by atoms with van der Waals surface area (Å²) in [6.07, 6.45) is -4.09. The van der Waals surface area contributed by atoms with Gasteiger partial charge >= 0.3 is 17.9 Å². The molecule has 4 aromatic carbocycles. The number of benzene rings is 4. The zero-order chi connectivity index (χ0) is 90.2. The molecular formula is C83H106N12O23S4. The van der Waals surface area contributed by atoms with Crippen molar-refractivity contribution in [2.45, 2.75) is 173 Å². The maximum Gasteiger partial charge on any atom is 0.307 e. The molecule has 6 rings (SSSR count). The summed E-state index contributed by atoms with van der Waals surface area (Å²) in [5.74, 6) is -17.0. The third-order valence-corrected chi connectivity index (χ3v) is 25.2. The predicted octanol–water partition coefficient (Wildman–Crippen LogP) is 1.82. The van der Waals surface area contributed by atoms with Crippen LogP contribution in [-0.4, -0.2) is 233 Å². The van der Waals surface area contributed by atoms with Crippen molar-refractivity contribution < 1.29 is 111 Å². The Kier molecular flexibility index (Phi) is 38.9. The number of carbonyl (C=O) groups excluding carboxylic acids is 14. The molecule has 12 amide bonds. The summed E-state index contributed by atoms with van der Waals surface area (Å²) >= 11 is 1.26. The molecule has 0 spiro atoms. The largest absolute Gasteiger partial charge is 0.508 e. The van der Waals surface area contributed by atoms with E-state index in [1.54, 1.807) is 108 Å². The van der Waals surface area contributed by atoms with Crippen molar-refractivity contribution >= 4 is 143 Å². The molecular weight excluding hydrogens is 1660 g/mol. The van der Waals surface area contributed by atoms with Crippen LogP contribution in [0.3, 0.4) is 0 Å². The van der Waals surface area contributed by atoms with E-state index in [0.29, 0.717) is 22.3 Å². The Balaban J connectivity index is 1.42. The van der Waals surface area contributed by atoms with E-state index in [2.05, 4.69) is 74.7 Å². The molecule has 1 saturated heterocycles. The molecule has 1 fully saturated rings. The van der Waals surface area contributed by atoms with E-state index in [-0.39, 0.29) is 60.9 Å². The maximum absolute atomic E-state index is 15.3. The Morgan fingerprint density at radius 3 is 1.62 bits per heavy atom. The van der Waals surface area contributed by atoms with Crippen LogP contribution < -0.4 is 58.5 Å². The fraction of sp³-hybridized carbons (Fsp3) is 0.482. The minimum atomic E-state index is -3.21. The number of hydrogen-bond donors (Lipinski definition) is 16. The molecule has 2 aliphatic heterocycles. The normalized spacial score (nSPS) is 20.5. The second kappa shape index (κ2) is 47.7. The molecule has 4 aromatic rings. The van der Waals surface area contributed by atoms with Crippen molar-refractivity contribution in [2.24, 2.45) is 32.9 Å². The van der Waals surface area contributed by atoms with Crippen LogP contribution in [0.25, 0.3) is 0 Å². The summed E-state index contributed by atoms with van der Waals surface area (Å²) < 4.78 is 18.3. The van der Waals surface area contributed by atoms with Crippen molar-refractivity contribution in [3.8, 4) is 23.3 Å². The van der Waals surface area contributed by atoms with Crippen molar-refractivity contribution in [2.75, 3.05) is 48.1 Å². The molecule has 16 N–H and O–H groups in total. The molecule has 2 heterocycles. The number of thioether (sulfide) groups is 1. The molecule has 0 bridgehead atoms. The van der Waals surface area contributed by atoms with Gasteiger partial charge in [0.05, 0.1) is 53.7 Å². The van der Waals surface area contributed by atoms with Crippen molar-refractivity contribution in [1.29, 1.82) is 0 Å². The summed E-state index contributed by atoms with van der Waals surface area (Å²) in [6.45, 7) is 9.40. The Bertz CT molecular complexity index is 4620. The third-order valence-electron chi connectivity index (χ3n) is 19.3. The van der Waals surface area contributed by atoms with Gasteiger partial charge in [-0.1, -0.05) is 132 Å². The van der Waals surface area contributed by atoms with Crippen LogP contribution in [0.4, 0.5) is 0 Å². The van der Waals surface area contributed by atoms with Gasteiger partial charge in [-0.05, 0) is 112 Å². The van der Waals surface area contributed by atoms with E-state index >= 15 is 9.59 Å². The first kappa shape index (κ1) is 99.4. The summed E-state index contributed by atoms with van der Waals surface area (Å²) in [6, 6.07) is 12.0.